The summed E-state index contributed by atoms with van der Waals surface area (Å²) in [4.78, 5) is 0. The number of rotatable bonds is 8. The van der Waals surface area contributed by atoms with E-state index < -0.39 is 0 Å². The van der Waals surface area contributed by atoms with Gasteiger partial charge in [-0.2, -0.15) is 0 Å². The fourth-order valence-corrected chi connectivity index (χ4v) is 0.959. The van der Waals surface area contributed by atoms with Crippen molar-refractivity contribution in [3.63, 3.8) is 0 Å². The van der Waals surface area contributed by atoms with Gasteiger partial charge in [0, 0.05) is 12.6 Å². The Morgan fingerprint density at radius 2 is 2.00 bits per heavy atom. The molecule has 0 aliphatic heterocycles. The number of ether oxygens (including phenoxy) is 1. The zero-order valence-corrected chi connectivity index (χ0v) is 9.18. The van der Waals surface area contributed by atoms with Crippen LogP contribution in [0.15, 0.2) is 12.7 Å². The maximum Gasteiger partial charge on any atom is 0.0518 e. The van der Waals surface area contributed by atoms with Gasteiger partial charge in [0.2, 0.25) is 0 Å². The summed E-state index contributed by atoms with van der Waals surface area (Å²) in [5, 5.41) is 3.35. The molecule has 0 spiro atoms. The van der Waals surface area contributed by atoms with Crippen LogP contribution in [-0.2, 0) is 4.74 Å². The van der Waals surface area contributed by atoms with Crippen LogP contribution in [0.4, 0.5) is 0 Å². The van der Waals surface area contributed by atoms with Gasteiger partial charge >= 0.3 is 0 Å². The maximum atomic E-state index is 5.43. The van der Waals surface area contributed by atoms with Crippen molar-refractivity contribution in [2.75, 3.05) is 13.2 Å². The molecule has 13 heavy (non-hydrogen) atoms. The fraction of sp³-hybridized carbons (Fsp3) is 0.818. The summed E-state index contributed by atoms with van der Waals surface area (Å²) < 4.78 is 5.43. The van der Waals surface area contributed by atoms with Crippen LogP contribution in [0.25, 0.3) is 0 Å². The summed E-state index contributed by atoms with van der Waals surface area (Å²) in [7, 11) is 0. The quantitative estimate of drug-likeness (QED) is 0.463. The van der Waals surface area contributed by atoms with Gasteiger partial charge in [-0.1, -0.05) is 6.08 Å². The van der Waals surface area contributed by atoms with Gasteiger partial charge < -0.3 is 10.1 Å². The minimum absolute atomic E-state index is 0.361. The Kier molecular flexibility index (Phi) is 8.05. The lowest BCUT2D eigenvalue weighted by Crippen LogP contribution is -2.24. The lowest BCUT2D eigenvalue weighted by atomic mass is 10.3. The van der Waals surface area contributed by atoms with Crippen LogP contribution in [0.3, 0.4) is 0 Å². The molecule has 0 saturated heterocycles. The first kappa shape index (κ1) is 12.7. The smallest absolute Gasteiger partial charge is 0.0518 e. The normalized spacial score (nSPS) is 13.2. The molecule has 1 atom stereocenters. The Morgan fingerprint density at radius 3 is 2.54 bits per heavy atom. The molecule has 0 radical (unpaired) electrons. The Morgan fingerprint density at radius 1 is 1.31 bits per heavy atom. The third-order valence-electron chi connectivity index (χ3n) is 1.84. The third-order valence-corrected chi connectivity index (χ3v) is 1.84. The molecule has 0 fully saturated rings. The number of unbranched alkanes of at least 4 members (excludes halogenated alkanes) is 1. The second kappa shape index (κ2) is 8.27. The second-order valence-electron chi connectivity index (χ2n) is 3.61. The summed E-state index contributed by atoms with van der Waals surface area (Å²) in [6, 6.07) is 0.422. The molecule has 0 rings (SSSR count). The van der Waals surface area contributed by atoms with Gasteiger partial charge in [-0.15, -0.1) is 6.58 Å². The zero-order chi connectivity index (χ0) is 10.1. The average Bonchev–Trinajstić information content (AvgIpc) is 2.10. The summed E-state index contributed by atoms with van der Waals surface area (Å²) in [6.45, 7) is 11.9. The highest BCUT2D eigenvalue weighted by molar-refractivity contribution is 4.80. The molecule has 0 saturated carbocycles. The number of hydrogen-bond donors (Lipinski definition) is 1. The predicted octanol–water partition coefficient (Wildman–Crippen LogP) is 2.36. The van der Waals surface area contributed by atoms with Gasteiger partial charge in [0.05, 0.1) is 6.10 Å². The minimum atomic E-state index is 0.361. The lowest BCUT2D eigenvalue weighted by molar-refractivity contribution is 0.0760. The molecule has 0 aromatic heterocycles. The van der Waals surface area contributed by atoms with E-state index in [2.05, 4.69) is 32.7 Å². The molecule has 2 nitrogen and oxygen atoms in total. The van der Waals surface area contributed by atoms with E-state index in [0.29, 0.717) is 12.1 Å². The van der Waals surface area contributed by atoms with Crippen LogP contribution in [0.5, 0.6) is 0 Å². The van der Waals surface area contributed by atoms with Crippen molar-refractivity contribution < 1.29 is 4.74 Å². The van der Waals surface area contributed by atoms with Gasteiger partial charge in [0.15, 0.2) is 0 Å². The van der Waals surface area contributed by atoms with Crippen LogP contribution in [0.2, 0.25) is 0 Å². The molecular weight excluding hydrogens is 162 g/mol. The Balaban J connectivity index is 3.03. The van der Waals surface area contributed by atoms with Crippen molar-refractivity contribution in [3.05, 3.63) is 12.7 Å². The highest BCUT2D eigenvalue weighted by Crippen LogP contribution is 1.94. The van der Waals surface area contributed by atoms with Crippen LogP contribution in [-0.4, -0.2) is 25.3 Å². The van der Waals surface area contributed by atoms with E-state index in [4.69, 9.17) is 4.74 Å². The van der Waals surface area contributed by atoms with E-state index in [1.54, 1.807) is 0 Å². The number of nitrogens with one attached hydrogen (secondary N) is 1. The zero-order valence-electron chi connectivity index (χ0n) is 9.18. The molecule has 0 amide bonds. The first-order valence-corrected chi connectivity index (χ1v) is 5.14. The van der Waals surface area contributed by atoms with Crippen LogP contribution >= 0.6 is 0 Å². The van der Waals surface area contributed by atoms with E-state index in [-0.39, 0.29) is 0 Å². The highest BCUT2D eigenvalue weighted by Gasteiger charge is 1.95. The summed E-state index contributed by atoms with van der Waals surface area (Å²) in [5.74, 6) is 0. The Hall–Kier alpha value is -0.340. The molecule has 0 aliphatic rings. The molecule has 0 aromatic carbocycles. The largest absolute Gasteiger partial charge is 0.379 e. The summed E-state index contributed by atoms with van der Waals surface area (Å²) in [5.41, 5.74) is 0. The fourth-order valence-electron chi connectivity index (χ4n) is 0.959. The van der Waals surface area contributed by atoms with Crippen molar-refractivity contribution in [1.29, 1.82) is 0 Å². The first-order chi connectivity index (χ1) is 6.16. The third kappa shape index (κ3) is 9.57. The Bertz CT molecular complexity index is 123. The van der Waals surface area contributed by atoms with Crippen molar-refractivity contribution in [3.8, 4) is 0 Å². The lowest BCUT2D eigenvalue weighted by Gasteiger charge is -2.09. The van der Waals surface area contributed by atoms with Gasteiger partial charge in [-0.05, 0) is 40.2 Å². The minimum Gasteiger partial charge on any atom is -0.379 e. The standard InChI is InChI=1S/C11H23NO/c1-5-11(4)12-8-6-7-9-13-10(2)3/h5,10-12H,1,6-9H2,2-4H3. The SMILES string of the molecule is C=CC(C)NCCCCOC(C)C. The monoisotopic (exact) mass is 185 g/mol. The number of hydrogen-bond acceptors (Lipinski definition) is 2. The molecule has 0 bridgehead atoms. The van der Waals surface area contributed by atoms with Crippen LogP contribution in [0, 0.1) is 0 Å². The molecular formula is C11H23NO. The van der Waals surface area contributed by atoms with E-state index in [9.17, 15) is 0 Å². The van der Waals surface area contributed by atoms with E-state index in [0.717, 1.165) is 19.6 Å². The van der Waals surface area contributed by atoms with E-state index >= 15 is 0 Å². The van der Waals surface area contributed by atoms with Crippen LogP contribution < -0.4 is 5.32 Å². The topological polar surface area (TPSA) is 21.3 Å². The van der Waals surface area contributed by atoms with Gasteiger partial charge in [0.1, 0.15) is 0 Å². The first-order valence-electron chi connectivity index (χ1n) is 5.14. The molecule has 1 N–H and O–H groups in total. The van der Waals surface area contributed by atoms with Crippen LogP contribution in [0.1, 0.15) is 33.6 Å². The average molecular weight is 185 g/mol. The molecule has 0 aromatic rings. The molecule has 2 heteroatoms. The van der Waals surface area contributed by atoms with E-state index in [1.165, 1.54) is 6.42 Å². The van der Waals surface area contributed by atoms with E-state index in [1.807, 2.05) is 6.08 Å². The van der Waals surface area contributed by atoms with Gasteiger partial charge in [0.25, 0.3) is 0 Å². The van der Waals surface area contributed by atoms with Gasteiger partial charge in [-0.3, -0.25) is 0 Å². The Labute approximate surface area is 82.4 Å². The van der Waals surface area contributed by atoms with Crippen molar-refractivity contribution >= 4 is 0 Å². The van der Waals surface area contributed by atoms with Crippen molar-refractivity contribution in [1.82, 2.24) is 5.32 Å². The highest BCUT2D eigenvalue weighted by atomic mass is 16.5. The molecule has 78 valence electrons. The van der Waals surface area contributed by atoms with Crippen molar-refractivity contribution in [2.24, 2.45) is 0 Å². The van der Waals surface area contributed by atoms with Crippen molar-refractivity contribution in [2.45, 2.75) is 45.8 Å². The maximum absolute atomic E-state index is 5.43. The van der Waals surface area contributed by atoms with Gasteiger partial charge in [-0.25, -0.2) is 0 Å². The molecule has 0 aliphatic carbocycles. The summed E-state index contributed by atoms with van der Waals surface area (Å²) in [6.07, 6.45) is 4.59. The molecule has 0 heterocycles. The predicted molar refractivity (Wildman–Crippen MR) is 58.0 cm³/mol. The second-order valence-corrected chi connectivity index (χ2v) is 3.61. The molecule has 1 unspecified atom stereocenters. The summed E-state index contributed by atoms with van der Waals surface area (Å²) >= 11 is 0.